The molecule has 0 N–H and O–H groups in total. The summed E-state index contributed by atoms with van der Waals surface area (Å²) in [7, 11) is -1.21. The van der Waals surface area contributed by atoms with E-state index in [2.05, 4.69) is 4.40 Å². The third-order valence-corrected chi connectivity index (χ3v) is 5.34. The van der Waals surface area contributed by atoms with E-state index in [0.29, 0.717) is 5.92 Å². The molecule has 0 aliphatic heterocycles. The molecular weight excluding hydrogens is 254 g/mol. The number of benzene rings is 1. The smallest absolute Gasteiger partial charge is 0.149 e. The maximum atomic E-state index is 12.4. The van der Waals surface area contributed by atoms with Gasteiger partial charge >= 0.3 is 0 Å². The maximum Gasteiger partial charge on any atom is 0.149 e. The van der Waals surface area contributed by atoms with Gasteiger partial charge in [0.2, 0.25) is 0 Å². The highest BCUT2D eigenvalue weighted by Gasteiger charge is 2.28. The molecule has 0 radical (unpaired) electrons. The summed E-state index contributed by atoms with van der Waals surface area (Å²) in [6.45, 7) is 3.99. The molecule has 0 aromatic heterocycles. The predicted molar refractivity (Wildman–Crippen MR) is 82.7 cm³/mol. The Labute approximate surface area is 118 Å². The Kier molecular flexibility index (Phi) is 4.92. The van der Waals surface area contributed by atoms with Gasteiger partial charge in [-0.25, -0.2) is 4.21 Å². The first-order valence-corrected chi connectivity index (χ1v) is 8.23. The summed E-state index contributed by atoms with van der Waals surface area (Å²) >= 11 is 0. The van der Waals surface area contributed by atoms with Gasteiger partial charge < -0.3 is 0 Å². The summed E-state index contributed by atoms with van der Waals surface area (Å²) in [5.41, 5.74) is 1.08. The molecule has 0 spiro atoms. The second-order valence-electron chi connectivity index (χ2n) is 5.78. The van der Waals surface area contributed by atoms with Crippen molar-refractivity contribution in [3.63, 3.8) is 0 Å². The monoisotopic (exact) mass is 277 g/mol. The molecule has 1 atom stereocenters. The Morgan fingerprint density at radius 2 is 1.79 bits per heavy atom. The van der Waals surface area contributed by atoms with Crippen LogP contribution in [0.3, 0.4) is 0 Å². The molecule has 1 fully saturated rings. The van der Waals surface area contributed by atoms with Crippen LogP contribution in [0.4, 0.5) is 0 Å². The Morgan fingerprint density at radius 1 is 1.16 bits per heavy atom. The highest BCUT2D eigenvalue weighted by atomic mass is 32.2. The first kappa shape index (κ1) is 14.4. The average Bonchev–Trinajstić information content (AvgIpc) is 2.46. The molecule has 2 rings (SSSR count). The Bertz CT molecular complexity index is 447. The summed E-state index contributed by atoms with van der Waals surface area (Å²) in [5, 5.41) is 0. The van der Waals surface area contributed by atoms with Crippen LogP contribution in [0.5, 0.6) is 0 Å². The lowest BCUT2D eigenvalue weighted by atomic mass is 9.90. The van der Waals surface area contributed by atoms with E-state index in [0.717, 1.165) is 5.56 Å². The first-order valence-electron chi connectivity index (χ1n) is 7.12. The summed E-state index contributed by atoms with van der Waals surface area (Å²) < 4.78 is 16.3. The van der Waals surface area contributed by atoms with Crippen molar-refractivity contribution < 1.29 is 4.21 Å². The van der Waals surface area contributed by atoms with Crippen LogP contribution in [0.15, 0.2) is 34.7 Å². The largest absolute Gasteiger partial charge is 0.234 e. The summed E-state index contributed by atoms with van der Waals surface area (Å²) in [6, 6.07) is 9.99. The zero-order chi connectivity index (χ0) is 13.7. The fraction of sp³-hybridized carbons (Fsp3) is 0.562. The van der Waals surface area contributed by atoms with Gasteiger partial charge in [-0.3, -0.25) is 0 Å². The van der Waals surface area contributed by atoms with Crippen molar-refractivity contribution in [1.82, 2.24) is 0 Å². The lowest BCUT2D eigenvalue weighted by Crippen LogP contribution is -2.22. The second kappa shape index (κ2) is 6.47. The third-order valence-electron chi connectivity index (χ3n) is 3.92. The highest BCUT2D eigenvalue weighted by molar-refractivity contribution is 7.84. The van der Waals surface area contributed by atoms with Crippen LogP contribution in [0.1, 0.15) is 51.5 Å². The number of hydrogen-bond donors (Lipinski definition) is 0. The van der Waals surface area contributed by atoms with Crippen molar-refractivity contribution in [1.29, 1.82) is 0 Å². The quantitative estimate of drug-likeness (QED) is 0.757. The highest BCUT2D eigenvalue weighted by Crippen LogP contribution is 2.28. The van der Waals surface area contributed by atoms with Gasteiger partial charge in [0, 0.05) is 6.21 Å². The van der Waals surface area contributed by atoms with Crippen LogP contribution in [-0.2, 0) is 15.7 Å². The molecule has 1 saturated carbocycles. The van der Waals surface area contributed by atoms with Crippen molar-refractivity contribution in [3.8, 4) is 0 Å². The Morgan fingerprint density at radius 3 is 2.42 bits per heavy atom. The summed E-state index contributed by atoms with van der Waals surface area (Å²) in [6.07, 6.45) is 8.25. The minimum absolute atomic E-state index is 0.424. The lowest BCUT2D eigenvalue weighted by molar-refractivity contribution is 0.445. The lowest BCUT2D eigenvalue weighted by Gasteiger charge is -2.22. The minimum atomic E-state index is -1.21. The first-order chi connectivity index (χ1) is 9.10. The number of rotatable bonds is 4. The molecule has 0 saturated heterocycles. The van der Waals surface area contributed by atoms with Gasteiger partial charge in [0.25, 0.3) is 0 Å². The Balaban J connectivity index is 2.04. The van der Waals surface area contributed by atoms with Crippen LogP contribution in [0, 0.1) is 5.92 Å². The van der Waals surface area contributed by atoms with E-state index in [9.17, 15) is 4.21 Å². The van der Waals surface area contributed by atoms with Crippen molar-refractivity contribution >= 4 is 17.2 Å². The van der Waals surface area contributed by atoms with Gasteiger partial charge in [-0.05, 0) is 38.2 Å². The maximum absolute atomic E-state index is 12.4. The fourth-order valence-electron chi connectivity index (χ4n) is 2.50. The molecule has 0 heterocycles. The van der Waals surface area contributed by atoms with E-state index in [1.807, 2.05) is 50.4 Å². The van der Waals surface area contributed by atoms with E-state index in [1.54, 1.807) is 0 Å². The van der Waals surface area contributed by atoms with E-state index in [4.69, 9.17) is 0 Å². The van der Waals surface area contributed by atoms with Crippen LogP contribution < -0.4 is 0 Å². The second-order valence-corrected chi connectivity index (χ2v) is 7.51. The van der Waals surface area contributed by atoms with Crippen molar-refractivity contribution in [2.45, 2.75) is 50.7 Å². The van der Waals surface area contributed by atoms with E-state index < -0.39 is 15.7 Å². The molecule has 1 aromatic carbocycles. The SMILES string of the molecule is CC(C)(c1ccccc1)[S@@](=O)/N=C/C1CCCCC1. The molecule has 104 valence electrons. The zero-order valence-corrected chi connectivity index (χ0v) is 12.7. The topological polar surface area (TPSA) is 29.4 Å². The van der Waals surface area contributed by atoms with Gasteiger partial charge in [-0.15, -0.1) is 0 Å². The fourth-order valence-corrected chi connectivity index (χ4v) is 3.38. The van der Waals surface area contributed by atoms with Crippen LogP contribution in [0.2, 0.25) is 0 Å². The normalized spacial score (nSPS) is 19.7. The molecule has 1 aliphatic carbocycles. The summed E-state index contributed by atoms with van der Waals surface area (Å²) in [4.78, 5) is 0. The van der Waals surface area contributed by atoms with Crippen molar-refractivity contribution in [3.05, 3.63) is 35.9 Å². The van der Waals surface area contributed by atoms with E-state index in [-0.39, 0.29) is 0 Å². The van der Waals surface area contributed by atoms with Gasteiger partial charge in [0.05, 0.1) is 4.75 Å². The minimum Gasteiger partial charge on any atom is -0.234 e. The molecule has 1 aliphatic rings. The molecule has 2 nitrogen and oxygen atoms in total. The van der Waals surface area contributed by atoms with Crippen LogP contribution in [0.25, 0.3) is 0 Å². The molecule has 19 heavy (non-hydrogen) atoms. The van der Waals surface area contributed by atoms with Crippen LogP contribution >= 0.6 is 0 Å². The summed E-state index contributed by atoms with van der Waals surface area (Å²) in [5.74, 6) is 0.532. The molecule has 0 bridgehead atoms. The van der Waals surface area contributed by atoms with E-state index in [1.165, 1.54) is 32.1 Å². The Hall–Kier alpha value is -0.960. The molecular formula is C16H23NOS. The standard InChI is InChI=1S/C16H23NOS/c1-16(2,15-11-7-4-8-12-15)19(18)17-13-14-9-5-3-6-10-14/h4,7-8,11-14H,3,5-6,9-10H2,1-2H3/b17-13+/t19-/m1/s1. The van der Waals surface area contributed by atoms with Crippen molar-refractivity contribution in [2.24, 2.45) is 10.3 Å². The molecule has 0 amide bonds. The van der Waals surface area contributed by atoms with Gasteiger partial charge in [-0.2, -0.15) is 4.40 Å². The van der Waals surface area contributed by atoms with E-state index >= 15 is 0 Å². The van der Waals surface area contributed by atoms with Crippen LogP contribution in [-0.4, -0.2) is 10.4 Å². The number of nitrogens with zero attached hydrogens (tertiary/aromatic N) is 1. The third kappa shape index (κ3) is 3.75. The predicted octanol–water partition coefficient (Wildman–Crippen LogP) is 4.24. The van der Waals surface area contributed by atoms with Gasteiger partial charge in [0.1, 0.15) is 11.0 Å². The number of hydrogen-bond acceptors (Lipinski definition) is 1. The van der Waals surface area contributed by atoms with Gasteiger partial charge in [0.15, 0.2) is 0 Å². The zero-order valence-electron chi connectivity index (χ0n) is 11.8. The average molecular weight is 277 g/mol. The molecule has 1 aromatic rings. The van der Waals surface area contributed by atoms with Crippen molar-refractivity contribution in [2.75, 3.05) is 0 Å². The molecule has 0 unspecified atom stereocenters. The molecule has 3 heteroatoms. The van der Waals surface area contributed by atoms with Gasteiger partial charge in [-0.1, -0.05) is 49.6 Å².